The van der Waals surface area contributed by atoms with Crippen molar-refractivity contribution in [1.29, 1.82) is 0 Å². The van der Waals surface area contributed by atoms with Crippen LogP contribution >= 0.6 is 0 Å². The van der Waals surface area contributed by atoms with E-state index in [0.29, 0.717) is 24.3 Å². The Labute approximate surface area is 121 Å². The van der Waals surface area contributed by atoms with E-state index in [1.807, 2.05) is 0 Å². The molecule has 0 radical (unpaired) electrons. The molecule has 2 rings (SSSR count). The molecule has 0 saturated carbocycles. The van der Waals surface area contributed by atoms with Crippen LogP contribution in [0.5, 0.6) is 11.5 Å². The van der Waals surface area contributed by atoms with E-state index < -0.39 is 17.9 Å². The molecule has 1 aromatic carbocycles. The Balaban J connectivity index is 2.39. The highest BCUT2D eigenvalue weighted by Crippen LogP contribution is 2.37. The molecule has 21 heavy (non-hydrogen) atoms. The van der Waals surface area contributed by atoms with E-state index in [1.54, 1.807) is 6.07 Å². The van der Waals surface area contributed by atoms with Crippen molar-refractivity contribution >= 4 is 11.9 Å². The summed E-state index contributed by atoms with van der Waals surface area (Å²) < 4.78 is 10.3. The maximum atomic E-state index is 11.3. The summed E-state index contributed by atoms with van der Waals surface area (Å²) in [5.41, 5.74) is 0.668. The van der Waals surface area contributed by atoms with Gasteiger partial charge in [0.15, 0.2) is 11.5 Å². The fraction of sp³-hybridized carbons (Fsp3) is 0.429. The standard InChI is InChI=1S/C14H17NO6/c1-20-11-5-7(3-9(14(18)19)12(11)21-2)10-4-8(6-15-10)13(16)17/h3,5,8,10,15H,4,6H2,1-2H3,(H,16,17)(H,18,19). The van der Waals surface area contributed by atoms with Crippen LogP contribution in [-0.4, -0.2) is 42.9 Å². The van der Waals surface area contributed by atoms with Crippen LogP contribution in [0.3, 0.4) is 0 Å². The van der Waals surface area contributed by atoms with E-state index in [4.69, 9.17) is 14.6 Å². The average Bonchev–Trinajstić information content (AvgIpc) is 2.95. The summed E-state index contributed by atoms with van der Waals surface area (Å²) in [5.74, 6) is -1.99. The van der Waals surface area contributed by atoms with Crippen molar-refractivity contribution in [2.75, 3.05) is 20.8 Å². The first kappa shape index (κ1) is 15.1. The zero-order valence-corrected chi connectivity index (χ0v) is 11.8. The Bertz CT molecular complexity index is 571. The fourth-order valence-electron chi connectivity index (χ4n) is 2.52. The van der Waals surface area contributed by atoms with Gasteiger partial charge in [-0.05, 0) is 24.1 Å². The molecule has 1 aromatic rings. The highest BCUT2D eigenvalue weighted by atomic mass is 16.5. The Morgan fingerprint density at radius 1 is 1.24 bits per heavy atom. The van der Waals surface area contributed by atoms with Gasteiger partial charge in [-0.1, -0.05) is 0 Å². The molecule has 3 N–H and O–H groups in total. The van der Waals surface area contributed by atoms with Gasteiger partial charge in [-0.25, -0.2) is 4.79 Å². The van der Waals surface area contributed by atoms with Crippen molar-refractivity contribution in [2.24, 2.45) is 5.92 Å². The number of aromatic carboxylic acids is 1. The molecule has 0 amide bonds. The molecule has 0 aliphatic carbocycles. The molecule has 0 bridgehead atoms. The van der Waals surface area contributed by atoms with E-state index >= 15 is 0 Å². The number of benzene rings is 1. The van der Waals surface area contributed by atoms with Gasteiger partial charge in [0.2, 0.25) is 0 Å². The molecule has 7 nitrogen and oxygen atoms in total. The topological polar surface area (TPSA) is 105 Å². The van der Waals surface area contributed by atoms with Crippen molar-refractivity contribution in [3.05, 3.63) is 23.3 Å². The summed E-state index contributed by atoms with van der Waals surface area (Å²) in [7, 11) is 2.80. The summed E-state index contributed by atoms with van der Waals surface area (Å²) in [5, 5.41) is 21.4. The molecule has 1 aliphatic rings. The normalized spacial score (nSPS) is 21.0. The lowest BCUT2D eigenvalue weighted by molar-refractivity contribution is -0.141. The molecule has 2 atom stereocenters. The Morgan fingerprint density at radius 3 is 2.43 bits per heavy atom. The third-order valence-electron chi connectivity index (χ3n) is 3.61. The first-order chi connectivity index (χ1) is 9.97. The molecular weight excluding hydrogens is 278 g/mol. The van der Waals surface area contributed by atoms with Crippen LogP contribution in [0.25, 0.3) is 0 Å². The molecule has 1 saturated heterocycles. The first-order valence-corrected chi connectivity index (χ1v) is 6.43. The van der Waals surface area contributed by atoms with Crippen LogP contribution in [0.15, 0.2) is 12.1 Å². The van der Waals surface area contributed by atoms with Crippen LogP contribution < -0.4 is 14.8 Å². The molecule has 7 heteroatoms. The molecule has 1 fully saturated rings. The van der Waals surface area contributed by atoms with E-state index in [2.05, 4.69) is 5.32 Å². The first-order valence-electron chi connectivity index (χ1n) is 6.43. The van der Waals surface area contributed by atoms with Crippen molar-refractivity contribution in [3.8, 4) is 11.5 Å². The Morgan fingerprint density at radius 2 is 1.95 bits per heavy atom. The van der Waals surface area contributed by atoms with Gasteiger partial charge in [0.1, 0.15) is 5.56 Å². The number of hydrogen-bond donors (Lipinski definition) is 3. The minimum Gasteiger partial charge on any atom is -0.493 e. The summed E-state index contributed by atoms with van der Waals surface area (Å²) >= 11 is 0. The number of carboxylic acid groups (broad SMARTS) is 2. The lowest BCUT2D eigenvalue weighted by Gasteiger charge is -2.16. The van der Waals surface area contributed by atoms with Gasteiger partial charge in [0.05, 0.1) is 20.1 Å². The van der Waals surface area contributed by atoms with Crippen molar-refractivity contribution in [1.82, 2.24) is 5.32 Å². The van der Waals surface area contributed by atoms with Crippen molar-refractivity contribution in [3.63, 3.8) is 0 Å². The van der Waals surface area contributed by atoms with Gasteiger partial charge in [-0.15, -0.1) is 0 Å². The largest absolute Gasteiger partial charge is 0.493 e. The van der Waals surface area contributed by atoms with E-state index in [-0.39, 0.29) is 17.4 Å². The smallest absolute Gasteiger partial charge is 0.339 e. The Kier molecular flexibility index (Phi) is 4.32. The lowest BCUT2D eigenvalue weighted by atomic mass is 9.97. The Hall–Kier alpha value is -2.28. The molecule has 0 aromatic heterocycles. The number of carboxylic acids is 2. The van der Waals surface area contributed by atoms with Gasteiger partial charge >= 0.3 is 11.9 Å². The van der Waals surface area contributed by atoms with Crippen LogP contribution in [-0.2, 0) is 4.79 Å². The monoisotopic (exact) mass is 295 g/mol. The second kappa shape index (κ2) is 6.01. The minimum absolute atomic E-state index is 0.00701. The predicted octanol–water partition coefficient (Wildman–Crippen LogP) is 1.14. The van der Waals surface area contributed by atoms with Crippen LogP contribution in [0.4, 0.5) is 0 Å². The van der Waals surface area contributed by atoms with Crippen LogP contribution in [0.2, 0.25) is 0 Å². The zero-order valence-electron chi connectivity index (χ0n) is 11.8. The second-order valence-electron chi connectivity index (χ2n) is 4.84. The number of methoxy groups -OCH3 is 2. The van der Waals surface area contributed by atoms with E-state index in [0.717, 1.165) is 0 Å². The number of ether oxygens (including phenoxy) is 2. The summed E-state index contributed by atoms with van der Waals surface area (Å²) in [6, 6.07) is 2.95. The highest BCUT2D eigenvalue weighted by Gasteiger charge is 2.31. The summed E-state index contributed by atoms with van der Waals surface area (Å²) in [6.07, 6.45) is 0.407. The zero-order chi connectivity index (χ0) is 15.6. The highest BCUT2D eigenvalue weighted by molar-refractivity contribution is 5.92. The average molecular weight is 295 g/mol. The minimum atomic E-state index is -1.13. The molecular formula is C14H17NO6. The summed E-state index contributed by atoms with van der Waals surface area (Å²) in [4.78, 5) is 22.3. The van der Waals surface area contributed by atoms with Crippen molar-refractivity contribution in [2.45, 2.75) is 12.5 Å². The van der Waals surface area contributed by atoms with Crippen LogP contribution in [0.1, 0.15) is 28.4 Å². The number of nitrogens with one attached hydrogen (secondary N) is 1. The van der Waals surface area contributed by atoms with Crippen molar-refractivity contribution < 1.29 is 29.3 Å². The maximum Gasteiger partial charge on any atom is 0.339 e. The van der Waals surface area contributed by atoms with Gasteiger partial charge in [-0.3, -0.25) is 4.79 Å². The molecule has 114 valence electrons. The number of hydrogen-bond acceptors (Lipinski definition) is 5. The van der Waals surface area contributed by atoms with E-state index in [1.165, 1.54) is 20.3 Å². The molecule has 1 heterocycles. The molecule has 2 unspecified atom stereocenters. The number of aliphatic carboxylic acids is 1. The van der Waals surface area contributed by atoms with Crippen LogP contribution in [0, 0.1) is 5.92 Å². The lowest BCUT2D eigenvalue weighted by Crippen LogP contribution is -2.17. The number of rotatable bonds is 5. The molecule has 0 spiro atoms. The number of carbonyl (C=O) groups is 2. The van der Waals surface area contributed by atoms with Gasteiger partial charge in [-0.2, -0.15) is 0 Å². The third-order valence-corrected chi connectivity index (χ3v) is 3.61. The van der Waals surface area contributed by atoms with Gasteiger partial charge in [0, 0.05) is 12.6 Å². The van der Waals surface area contributed by atoms with E-state index in [9.17, 15) is 14.7 Å². The quantitative estimate of drug-likeness (QED) is 0.748. The molecule has 1 aliphatic heterocycles. The predicted molar refractivity (Wildman–Crippen MR) is 73.0 cm³/mol. The fourth-order valence-corrected chi connectivity index (χ4v) is 2.52. The second-order valence-corrected chi connectivity index (χ2v) is 4.84. The maximum absolute atomic E-state index is 11.3. The third kappa shape index (κ3) is 2.92. The summed E-state index contributed by atoms with van der Waals surface area (Å²) in [6.45, 7) is 0.358. The van der Waals surface area contributed by atoms with Gasteiger partial charge in [0.25, 0.3) is 0 Å². The van der Waals surface area contributed by atoms with Gasteiger partial charge < -0.3 is 25.0 Å². The SMILES string of the molecule is COc1cc(C2CC(C(=O)O)CN2)cc(C(=O)O)c1OC.